The van der Waals surface area contributed by atoms with Crippen molar-refractivity contribution in [1.29, 1.82) is 0 Å². The van der Waals surface area contributed by atoms with Crippen LogP contribution in [0.3, 0.4) is 0 Å². The molecule has 0 saturated carbocycles. The molecule has 21 heavy (non-hydrogen) atoms. The van der Waals surface area contributed by atoms with Gasteiger partial charge >= 0.3 is 12.0 Å². The summed E-state index contributed by atoms with van der Waals surface area (Å²) in [5.41, 5.74) is -0.297. The van der Waals surface area contributed by atoms with Gasteiger partial charge in [0.2, 0.25) is 0 Å². The van der Waals surface area contributed by atoms with Gasteiger partial charge in [0, 0.05) is 6.07 Å². The molecular weight excluding hydrogens is 284 g/mol. The van der Waals surface area contributed by atoms with Gasteiger partial charge in [0.05, 0.1) is 17.6 Å². The maximum atomic E-state index is 13.3. The van der Waals surface area contributed by atoms with Crippen molar-refractivity contribution in [2.75, 3.05) is 10.6 Å². The molecule has 8 heteroatoms. The number of rotatable bonds is 3. The Labute approximate surface area is 117 Å². The molecule has 0 fully saturated rings. The van der Waals surface area contributed by atoms with Crippen molar-refractivity contribution in [2.45, 2.75) is 0 Å². The Morgan fingerprint density at radius 1 is 1.10 bits per heavy atom. The third-order valence-corrected chi connectivity index (χ3v) is 2.42. The number of carbonyl (C=O) groups excluding carboxylic acids is 1. The molecule has 0 unspecified atom stereocenters. The molecule has 6 nitrogen and oxygen atoms in total. The van der Waals surface area contributed by atoms with Crippen LogP contribution in [0.5, 0.6) is 0 Å². The monoisotopic (exact) mass is 293 g/mol. The number of amides is 2. The number of hydrogen-bond acceptors (Lipinski definition) is 3. The Kier molecular flexibility index (Phi) is 4.07. The molecule has 0 aliphatic heterocycles. The summed E-state index contributed by atoms with van der Waals surface area (Å²) >= 11 is 0. The molecular formula is C13H9F2N3O3. The second-order valence-corrected chi connectivity index (χ2v) is 3.94. The number of hydrogen-bond donors (Lipinski definition) is 3. The van der Waals surface area contributed by atoms with Gasteiger partial charge in [-0.05, 0) is 24.3 Å². The number of aromatic carboxylic acids is 1. The smallest absolute Gasteiger partial charge is 0.354 e. The number of anilines is 2. The van der Waals surface area contributed by atoms with Crippen LogP contribution in [-0.4, -0.2) is 22.1 Å². The maximum absolute atomic E-state index is 13.3. The molecule has 108 valence electrons. The average molecular weight is 293 g/mol. The van der Waals surface area contributed by atoms with Gasteiger partial charge in [-0.1, -0.05) is 0 Å². The first-order valence-electron chi connectivity index (χ1n) is 5.68. The number of urea groups is 1. The number of carboxylic acids is 1. The quantitative estimate of drug-likeness (QED) is 0.811. The van der Waals surface area contributed by atoms with Gasteiger partial charge in [0.25, 0.3) is 0 Å². The summed E-state index contributed by atoms with van der Waals surface area (Å²) in [6.45, 7) is 0. The summed E-state index contributed by atoms with van der Waals surface area (Å²) in [6.07, 6.45) is 1.13. The molecule has 0 aliphatic carbocycles. The molecule has 3 N–H and O–H groups in total. The molecule has 2 rings (SSSR count). The van der Waals surface area contributed by atoms with Crippen LogP contribution in [0.2, 0.25) is 0 Å². The van der Waals surface area contributed by atoms with E-state index in [-0.39, 0.29) is 17.1 Å². The normalized spacial score (nSPS) is 10.0. The van der Waals surface area contributed by atoms with Crippen LogP contribution in [0.4, 0.5) is 25.0 Å². The molecule has 0 saturated heterocycles. The second kappa shape index (κ2) is 5.95. The first-order valence-corrected chi connectivity index (χ1v) is 5.68. The fourth-order valence-electron chi connectivity index (χ4n) is 1.47. The largest absolute Gasteiger partial charge is 0.477 e. The van der Waals surface area contributed by atoms with Crippen molar-refractivity contribution < 1.29 is 23.5 Å². The zero-order valence-corrected chi connectivity index (χ0v) is 10.4. The topological polar surface area (TPSA) is 91.3 Å². The number of carbonyl (C=O) groups is 2. The summed E-state index contributed by atoms with van der Waals surface area (Å²) in [5.74, 6) is -2.68. The average Bonchev–Trinajstić information content (AvgIpc) is 2.43. The number of halogens is 2. The van der Waals surface area contributed by atoms with Crippen LogP contribution in [-0.2, 0) is 0 Å². The van der Waals surface area contributed by atoms with Crippen LogP contribution >= 0.6 is 0 Å². The van der Waals surface area contributed by atoms with E-state index in [0.29, 0.717) is 0 Å². The van der Waals surface area contributed by atoms with Gasteiger partial charge in [-0.15, -0.1) is 0 Å². The van der Waals surface area contributed by atoms with Crippen molar-refractivity contribution >= 4 is 23.4 Å². The van der Waals surface area contributed by atoms with E-state index in [1.807, 2.05) is 0 Å². The summed E-state index contributed by atoms with van der Waals surface area (Å²) in [6, 6.07) is 4.34. The first-order chi connectivity index (χ1) is 9.95. The van der Waals surface area contributed by atoms with E-state index >= 15 is 0 Å². The SMILES string of the molecule is O=C(Nc1ccc(C(=O)O)nc1)Nc1cc(F)ccc1F. The first kappa shape index (κ1) is 14.4. The Morgan fingerprint density at radius 2 is 1.86 bits per heavy atom. The lowest BCUT2D eigenvalue weighted by Crippen LogP contribution is -2.20. The van der Waals surface area contributed by atoms with Gasteiger partial charge in [-0.3, -0.25) is 0 Å². The Bertz CT molecular complexity index is 690. The summed E-state index contributed by atoms with van der Waals surface area (Å²) < 4.78 is 26.3. The highest BCUT2D eigenvalue weighted by Crippen LogP contribution is 2.15. The summed E-state index contributed by atoms with van der Waals surface area (Å²) in [5, 5.41) is 13.1. The minimum absolute atomic E-state index is 0.183. The van der Waals surface area contributed by atoms with Gasteiger partial charge in [0.15, 0.2) is 0 Å². The van der Waals surface area contributed by atoms with Crippen LogP contribution in [0.1, 0.15) is 10.5 Å². The van der Waals surface area contributed by atoms with E-state index in [9.17, 15) is 18.4 Å². The lowest BCUT2D eigenvalue weighted by molar-refractivity contribution is 0.0690. The minimum atomic E-state index is -1.20. The molecule has 0 spiro atoms. The van der Waals surface area contributed by atoms with E-state index in [1.165, 1.54) is 12.1 Å². The van der Waals surface area contributed by atoms with Crippen molar-refractivity contribution in [3.63, 3.8) is 0 Å². The minimum Gasteiger partial charge on any atom is -0.477 e. The molecule has 2 aromatic rings. The predicted molar refractivity (Wildman–Crippen MR) is 70.2 cm³/mol. The summed E-state index contributed by atoms with van der Waals surface area (Å²) in [7, 11) is 0. The van der Waals surface area contributed by atoms with Gasteiger partial charge in [-0.2, -0.15) is 0 Å². The highest BCUT2D eigenvalue weighted by molar-refractivity contribution is 5.99. The van der Waals surface area contributed by atoms with Crippen molar-refractivity contribution in [1.82, 2.24) is 4.98 Å². The third kappa shape index (κ3) is 3.72. The zero-order valence-electron chi connectivity index (χ0n) is 10.4. The third-order valence-electron chi connectivity index (χ3n) is 2.42. The number of benzene rings is 1. The van der Waals surface area contributed by atoms with Crippen molar-refractivity contribution in [3.05, 3.63) is 53.9 Å². The van der Waals surface area contributed by atoms with E-state index in [1.54, 1.807) is 0 Å². The van der Waals surface area contributed by atoms with Gasteiger partial charge in [0.1, 0.15) is 17.3 Å². The predicted octanol–water partition coefficient (Wildman–Crippen LogP) is 2.70. The lowest BCUT2D eigenvalue weighted by Gasteiger charge is -2.08. The highest BCUT2D eigenvalue weighted by Gasteiger charge is 2.09. The Balaban J connectivity index is 2.04. The maximum Gasteiger partial charge on any atom is 0.354 e. The van der Waals surface area contributed by atoms with Crippen LogP contribution in [0, 0.1) is 11.6 Å². The van der Waals surface area contributed by atoms with Crippen molar-refractivity contribution in [2.24, 2.45) is 0 Å². The van der Waals surface area contributed by atoms with Crippen LogP contribution < -0.4 is 10.6 Å². The lowest BCUT2D eigenvalue weighted by atomic mass is 10.3. The number of aromatic nitrogens is 1. The molecule has 0 bridgehead atoms. The molecule has 0 radical (unpaired) electrons. The number of pyridine rings is 1. The summed E-state index contributed by atoms with van der Waals surface area (Å²) in [4.78, 5) is 25.8. The second-order valence-electron chi connectivity index (χ2n) is 3.94. The Hall–Kier alpha value is -3.03. The van der Waals surface area contributed by atoms with E-state index in [4.69, 9.17) is 5.11 Å². The molecule has 2 amide bonds. The van der Waals surface area contributed by atoms with E-state index < -0.39 is 23.6 Å². The molecule has 0 aliphatic rings. The number of nitrogens with one attached hydrogen (secondary N) is 2. The molecule has 1 heterocycles. The van der Waals surface area contributed by atoms with Crippen molar-refractivity contribution in [3.8, 4) is 0 Å². The van der Waals surface area contributed by atoms with E-state index in [2.05, 4.69) is 15.6 Å². The van der Waals surface area contributed by atoms with Crippen LogP contribution in [0.15, 0.2) is 36.5 Å². The zero-order chi connectivity index (χ0) is 15.4. The molecule has 1 aromatic carbocycles. The molecule has 1 aromatic heterocycles. The highest BCUT2D eigenvalue weighted by atomic mass is 19.1. The number of carboxylic acid groups (broad SMARTS) is 1. The fraction of sp³-hybridized carbons (Fsp3) is 0. The number of nitrogens with zero attached hydrogens (tertiary/aromatic N) is 1. The molecule has 0 atom stereocenters. The Morgan fingerprint density at radius 3 is 2.48 bits per heavy atom. The van der Waals surface area contributed by atoms with Gasteiger partial charge < -0.3 is 15.7 Å². The fourth-order valence-corrected chi connectivity index (χ4v) is 1.47. The standard InChI is InChI=1S/C13H9F2N3O3/c14-7-1-3-9(15)11(5-7)18-13(21)17-8-2-4-10(12(19)20)16-6-8/h1-6H,(H,19,20)(H2,17,18,21). The van der Waals surface area contributed by atoms with Gasteiger partial charge in [-0.25, -0.2) is 23.4 Å². The van der Waals surface area contributed by atoms with Crippen LogP contribution in [0.25, 0.3) is 0 Å². The van der Waals surface area contributed by atoms with E-state index in [0.717, 1.165) is 24.4 Å².